The highest BCUT2D eigenvalue weighted by Crippen LogP contribution is 2.30. The third-order valence-electron chi connectivity index (χ3n) is 2.02. The molecule has 0 fully saturated rings. The van der Waals surface area contributed by atoms with E-state index in [-0.39, 0.29) is 11.4 Å². The van der Waals surface area contributed by atoms with Crippen LogP contribution in [0.15, 0.2) is 46.9 Å². The largest absolute Gasteiger partial charge is 0.450 e. The molecular weight excluding hydrogens is 286 g/mol. The van der Waals surface area contributed by atoms with Crippen molar-refractivity contribution in [3.8, 4) is 11.5 Å². The van der Waals surface area contributed by atoms with E-state index in [4.69, 9.17) is 4.74 Å². The first-order valence-corrected chi connectivity index (χ1v) is 5.54. The second kappa shape index (κ2) is 4.97. The quantitative estimate of drug-likeness (QED) is 0.636. The molecule has 0 aliphatic heterocycles. The summed E-state index contributed by atoms with van der Waals surface area (Å²) in [6.45, 7) is 0. The summed E-state index contributed by atoms with van der Waals surface area (Å²) in [5, 5.41) is 10.8. The van der Waals surface area contributed by atoms with Crippen LogP contribution < -0.4 is 4.74 Å². The first kappa shape index (κ1) is 11.6. The number of nitro benzene ring substituents is 1. The van der Waals surface area contributed by atoms with Gasteiger partial charge in [-0.2, -0.15) is 0 Å². The molecule has 17 heavy (non-hydrogen) atoms. The second-order valence-electron chi connectivity index (χ2n) is 3.20. The highest BCUT2D eigenvalue weighted by atomic mass is 79.9. The number of ether oxygens (including phenoxy) is 1. The predicted molar refractivity (Wildman–Crippen MR) is 66.1 cm³/mol. The molecule has 0 N–H and O–H groups in total. The normalized spacial score (nSPS) is 9.94. The fourth-order valence-corrected chi connectivity index (χ4v) is 1.53. The van der Waals surface area contributed by atoms with E-state index in [2.05, 4.69) is 22.0 Å². The van der Waals surface area contributed by atoms with Crippen molar-refractivity contribution < 1.29 is 9.66 Å². The van der Waals surface area contributed by atoms with E-state index >= 15 is 0 Å². The Hall–Kier alpha value is -1.88. The zero-order chi connectivity index (χ0) is 12.3. The molecule has 0 aliphatic carbocycles. The first-order chi connectivity index (χ1) is 8.16. The van der Waals surface area contributed by atoms with Crippen LogP contribution in [0.4, 0.5) is 5.69 Å². The molecule has 5 heteroatoms. The second-order valence-corrected chi connectivity index (χ2v) is 4.11. The van der Waals surface area contributed by atoms with E-state index in [0.29, 0.717) is 5.75 Å². The van der Waals surface area contributed by atoms with Gasteiger partial charge < -0.3 is 4.74 Å². The van der Waals surface area contributed by atoms with Crippen molar-refractivity contribution in [1.29, 1.82) is 0 Å². The van der Waals surface area contributed by atoms with Crippen LogP contribution in [0.2, 0.25) is 0 Å². The fourth-order valence-electron chi connectivity index (χ4n) is 1.27. The maximum Gasteiger partial charge on any atom is 0.319 e. The fraction of sp³-hybridized carbons (Fsp3) is 0. The molecule has 0 aromatic heterocycles. The van der Waals surface area contributed by atoms with Gasteiger partial charge in [0.1, 0.15) is 5.75 Å². The average Bonchev–Trinajstić information content (AvgIpc) is 2.32. The number of nitrogens with zero attached hydrogens (tertiary/aromatic N) is 1. The number of halogens is 1. The molecule has 0 saturated carbocycles. The summed E-state index contributed by atoms with van der Waals surface area (Å²) >= 11 is 3.30. The standard InChI is InChI=1S/C12H7BrNO3/c13-9-5-7-10(8-6-9)17-12-4-2-1-3-11(12)14(15)16/h1-2,4-8H. The van der Waals surface area contributed by atoms with E-state index < -0.39 is 4.92 Å². The number of rotatable bonds is 3. The van der Waals surface area contributed by atoms with Crippen LogP contribution in [0.1, 0.15) is 0 Å². The monoisotopic (exact) mass is 292 g/mol. The van der Waals surface area contributed by atoms with E-state index in [1.807, 2.05) is 0 Å². The highest BCUT2D eigenvalue weighted by molar-refractivity contribution is 9.10. The minimum absolute atomic E-state index is 0.171. The number of benzene rings is 2. The Morgan fingerprint density at radius 1 is 1.24 bits per heavy atom. The Kier molecular flexibility index (Phi) is 3.39. The lowest BCUT2D eigenvalue weighted by Crippen LogP contribution is -1.93. The average molecular weight is 293 g/mol. The van der Waals surface area contributed by atoms with Crippen molar-refractivity contribution in [1.82, 2.24) is 0 Å². The molecule has 0 heterocycles. The van der Waals surface area contributed by atoms with Gasteiger partial charge in [-0.3, -0.25) is 10.1 Å². The third kappa shape index (κ3) is 2.82. The summed E-state index contributed by atoms with van der Waals surface area (Å²) in [6, 6.07) is 14.2. The third-order valence-corrected chi connectivity index (χ3v) is 2.55. The zero-order valence-electron chi connectivity index (χ0n) is 8.59. The van der Waals surface area contributed by atoms with Crippen molar-refractivity contribution in [2.24, 2.45) is 0 Å². The van der Waals surface area contributed by atoms with Crippen molar-refractivity contribution >= 4 is 21.6 Å². The molecular formula is C12H7BrNO3. The molecule has 2 aromatic carbocycles. The molecule has 1 radical (unpaired) electrons. The van der Waals surface area contributed by atoms with Crippen LogP contribution >= 0.6 is 15.9 Å². The van der Waals surface area contributed by atoms with Gasteiger partial charge in [-0.15, -0.1) is 0 Å². The van der Waals surface area contributed by atoms with Crippen molar-refractivity contribution in [2.75, 3.05) is 0 Å². The minimum Gasteiger partial charge on any atom is -0.450 e. The number of nitro groups is 1. The Bertz CT molecular complexity index is 540. The summed E-state index contributed by atoms with van der Waals surface area (Å²) in [5.41, 5.74) is -0.171. The molecule has 0 bridgehead atoms. The Morgan fingerprint density at radius 3 is 2.59 bits per heavy atom. The maximum atomic E-state index is 10.8. The van der Waals surface area contributed by atoms with Gasteiger partial charge in [-0.05, 0) is 36.4 Å². The summed E-state index contributed by atoms with van der Waals surface area (Å²) < 4.78 is 6.35. The van der Waals surface area contributed by atoms with E-state index in [0.717, 1.165) is 4.47 Å². The smallest absolute Gasteiger partial charge is 0.319 e. The molecule has 2 aromatic rings. The molecule has 0 amide bonds. The molecule has 2 rings (SSSR count). The SMILES string of the molecule is O=[N+]([O-])c1[c]cccc1Oc1ccc(Br)cc1. The molecule has 0 spiro atoms. The van der Waals surface area contributed by atoms with Crippen molar-refractivity contribution in [3.63, 3.8) is 0 Å². The van der Waals surface area contributed by atoms with Crippen molar-refractivity contribution in [2.45, 2.75) is 0 Å². The van der Waals surface area contributed by atoms with Gasteiger partial charge in [0, 0.05) is 4.47 Å². The van der Waals surface area contributed by atoms with Gasteiger partial charge >= 0.3 is 5.69 Å². The summed E-state index contributed by atoms with van der Waals surface area (Å²) in [7, 11) is 0. The van der Waals surface area contributed by atoms with Crippen LogP contribution in [0.25, 0.3) is 0 Å². The summed E-state index contributed by atoms with van der Waals surface area (Å²) in [5.74, 6) is 0.718. The maximum absolute atomic E-state index is 10.8. The first-order valence-electron chi connectivity index (χ1n) is 4.75. The summed E-state index contributed by atoms with van der Waals surface area (Å²) in [4.78, 5) is 10.2. The minimum atomic E-state index is -0.520. The molecule has 4 nitrogen and oxygen atoms in total. The van der Waals surface area contributed by atoms with Gasteiger partial charge in [-0.1, -0.05) is 22.0 Å². The predicted octanol–water partition coefficient (Wildman–Crippen LogP) is 3.95. The van der Waals surface area contributed by atoms with Crippen LogP contribution in [0.5, 0.6) is 11.5 Å². The van der Waals surface area contributed by atoms with E-state index in [9.17, 15) is 10.1 Å². The number of hydrogen-bond donors (Lipinski definition) is 0. The number of hydrogen-bond acceptors (Lipinski definition) is 3. The Balaban J connectivity index is 2.30. The summed E-state index contributed by atoms with van der Waals surface area (Å²) in [6.07, 6.45) is 0. The molecule has 0 aliphatic rings. The van der Waals surface area contributed by atoms with Gasteiger partial charge in [0.15, 0.2) is 0 Å². The lowest BCUT2D eigenvalue weighted by Gasteiger charge is -2.05. The van der Waals surface area contributed by atoms with Crippen LogP contribution in [-0.4, -0.2) is 4.92 Å². The van der Waals surface area contributed by atoms with Crippen LogP contribution in [0, 0.1) is 16.2 Å². The molecule has 85 valence electrons. The van der Waals surface area contributed by atoms with Gasteiger partial charge in [-0.25, -0.2) is 0 Å². The Morgan fingerprint density at radius 2 is 1.94 bits per heavy atom. The topological polar surface area (TPSA) is 52.4 Å². The zero-order valence-corrected chi connectivity index (χ0v) is 10.2. The van der Waals surface area contributed by atoms with Gasteiger partial charge in [0.2, 0.25) is 5.75 Å². The van der Waals surface area contributed by atoms with Crippen molar-refractivity contribution in [3.05, 3.63) is 63.1 Å². The Labute approximate surface area is 106 Å². The van der Waals surface area contributed by atoms with E-state index in [1.54, 1.807) is 30.3 Å². The highest BCUT2D eigenvalue weighted by Gasteiger charge is 2.14. The van der Waals surface area contributed by atoms with Crippen LogP contribution in [0.3, 0.4) is 0 Å². The van der Waals surface area contributed by atoms with Crippen LogP contribution in [-0.2, 0) is 0 Å². The lowest BCUT2D eigenvalue weighted by molar-refractivity contribution is -0.386. The van der Waals surface area contributed by atoms with Gasteiger partial charge in [0.25, 0.3) is 0 Å². The molecule has 0 atom stereocenters. The van der Waals surface area contributed by atoms with E-state index in [1.165, 1.54) is 12.1 Å². The van der Waals surface area contributed by atoms with Gasteiger partial charge in [0.05, 0.1) is 11.0 Å². The molecule has 0 unspecified atom stereocenters. The number of para-hydroxylation sites is 1. The lowest BCUT2D eigenvalue weighted by atomic mass is 10.3. The molecule has 0 saturated heterocycles.